The van der Waals surface area contributed by atoms with Gasteiger partial charge in [0.2, 0.25) is 11.8 Å². The Morgan fingerprint density at radius 1 is 1.11 bits per heavy atom. The number of carbonyl (C=O) groups excluding carboxylic acids is 1. The first-order valence-electron chi connectivity index (χ1n) is 8.93. The Hall–Kier alpha value is -2.60. The van der Waals surface area contributed by atoms with Crippen molar-refractivity contribution in [3.63, 3.8) is 0 Å². The lowest BCUT2D eigenvalue weighted by Crippen LogP contribution is -2.36. The van der Waals surface area contributed by atoms with E-state index >= 15 is 0 Å². The van der Waals surface area contributed by atoms with Crippen LogP contribution in [0.2, 0.25) is 0 Å². The number of nitrogens with zero attached hydrogens (tertiary/aromatic N) is 3. The molecule has 1 heterocycles. The molecule has 0 radical (unpaired) electrons. The maximum absolute atomic E-state index is 12.9. The van der Waals surface area contributed by atoms with Gasteiger partial charge in [0.25, 0.3) is 5.22 Å². The average Bonchev–Trinajstić information content (AvgIpc) is 3.11. The van der Waals surface area contributed by atoms with E-state index in [9.17, 15) is 4.79 Å². The van der Waals surface area contributed by atoms with Crippen molar-refractivity contribution in [3.8, 4) is 11.5 Å². The Morgan fingerprint density at radius 2 is 1.78 bits per heavy atom. The van der Waals surface area contributed by atoms with Crippen molar-refractivity contribution in [2.75, 3.05) is 11.4 Å². The summed E-state index contributed by atoms with van der Waals surface area (Å²) in [7, 11) is 0. The van der Waals surface area contributed by atoms with E-state index < -0.39 is 0 Å². The van der Waals surface area contributed by atoms with Gasteiger partial charge in [0.1, 0.15) is 0 Å². The normalized spacial score (nSPS) is 12.0. The largest absolute Gasteiger partial charge is 0.411 e. The summed E-state index contributed by atoms with van der Waals surface area (Å²) in [6.45, 7) is 8.50. The van der Waals surface area contributed by atoms with E-state index in [4.69, 9.17) is 4.42 Å². The second-order valence-electron chi connectivity index (χ2n) is 6.43. The number of carbonyl (C=O) groups is 1. The van der Waals surface area contributed by atoms with Crippen LogP contribution in [-0.4, -0.2) is 27.9 Å². The van der Waals surface area contributed by atoms with E-state index in [-0.39, 0.29) is 11.2 Å². The first kappa shape index (κ1) is 19.2. The van der Waals surface area contributed by atoms with Gasteiger partial charge in [-0.2, -0.15) is 0 Å². The number of hydrogen-bond acceptors (Lipinski definition) is 5. The predicted octanol–water partition coefficient (Wildman–Crippen LogP) is 4.89. The highest BCUT2D eigenvalue weighted by atomic mass is 32.2. The molecule has 0 aliphatic carbocycles. The monoisotopic (exact) mass is 381 g/mol. The van der Waals surface area contributed by atoms with Crippen molar-refractivity contribution in [3.05, 3.63) is 59.7 Å². The maximum atomic E-state index is 12.9. The number of para-hydroxylation sites is 1. The minimum Gasteiger partial charge on any atom is -0.411 e. The highest BCUT2D eigenvalue weighted by Crippen LogP contribution is 2.28. The van der Waals surface area contributed by atoms with Crippen LogP contribution in [0, 0.1) is 13.8 Å². The third-order valence-corrected chi connectivity index (χ3v) is 5.07. The molecule has 0 saturated heterocycles. The summed E-state index contributed by atoms with van der Waals surface area (Å²) < 4.78 is 5.79. The van der Waals surface area contributed by atoms with Gasteiger partial charge in [-0.3, -0.25) is 4.79 Å². The third kappa shape index (κ3) is 4.57. The van der Waals surface area contributed by atoms with Gasteiger partial charge in [-0.1, -0.05) is 47.2 Å². The van der Waals surface area contributed by atoms with Crippen LogP contribution in [0.4, 0.5) is 5.69 Å². The van der Waals surface area contributed by atoms with Crippen LogP contribution in [0.15, 0.2) is 58.2 Å². The zero-order chi connectivity index (χ0) is 19.4. The Labute approximate surface area is 163 Å². The van der Waals surface area contributed by atoms with E-state index in [1.54, 1.807) is 4.90 Å². The van der Waals surface area contributed by atoms with E-state index in [0.717, 1.165) is 22.4 Å². The molecule has 0 N–H and O–H groups in total. The molecule has 0 spiro atoms. The molecule has 2 aromatic carbocycles. The molecule has 3 rings (SSSR count). The first-order valence-corrected chi connectivity index (χ1v) is 9.81. The molecule has 6 heteroatoms. The second-order valence-corrected chi connectivity index (χ2v) is 7.72. The van der Waals surface area contributed by atoms with Crippen LogP contribution in [0.25, 0.3) is 11.5 Å². The molecule has 140 valence electrons. The Bertz CT molecular complexity index is 904. The van der Waals surface area contributed by atoms with Crippen LogP contribution in [0.3, 0.4) is 0 Å². The van der Waals surface area contributed by atoms with Gasteiger partial charge in [0.05, 0.1) is 5.25 Å². The molecular formula is C21H23N3O2S. The summed E-state index contributed by atoms with van der Waals surface area (Å²) in [4.78, 5) is 14.6. The fraction of sp³-hybridized carbons (Fsp3) is 0.286. The summed E-state index contributed by atoms with van der Waals surface area (Å²) in [5.41, 5.74) is 4.06. The number of anilines is 1. The fourth-order valence-electron chi connectivity index (χ4n) is 2.97. The van der Waals surface area contributed by atoms with Gasteiger partial charge in [-0.25, -0.2) is 0 Å². The van der Waals surface area contributed by atoms with Crippen LogP contribution < -0.4 is 4.90 Å². The van der Waals surface area contributed by atoms with Gasteiger partial charge in [0.15, 0.2) is 0 Å². The zero-order valence-electron chi connectivity index (χ0n) is 16.0. The molecule has 0 bridgehead atoms. The summed E-state index contributed by atoms with van der Waals surface area (Å²) >= 11 is 1.28. The third-order valence-electron chi connectivity index (χ3n) is 4.15. The molecule has 1 unspecified atom stereocenters. The number of amides is 1. The molecule has 27 heavy (non-hydrogen) atoms. The lowest BCUT2D eigenvalue weighted by atomic mass is 10.1. The lowest BCUT2D eigenvalue weighted by molar-refractivity contribution is -0.117. The summed E-state index contributed by atoms with van der Waals surface area (Å²) in [5, 5.41) is 8.31. The first-order chi connectivity index (χ1) is 13.0. The molecule has 0 aliphatic rings. The Kier molecular flexibility index (Phi) is 5.96. The van der Waals surface area contributed by atoms with Crippen LogP contribution >= 0.6 is 11.8 Å². The topological polar surface area (TPSA) is 59.2 Å². The van der Waals surface area contributed by atoms with E-state index in [1.165, 1.54) is 11.8 Å². The SMILES string of the molecule is CCN(C(=O)C(C)Sc1nnc(-c2cc(C)cc(C)c2)o1)c1ccccc1. The molecule has 5 nitrogen and oxygen atoms in total. The summed E-state index contributed by atoms with van der Waals surface area (Å²) in [5.74, 6) is 0.485. The molecular weight excluding hydrogens is 358 g/mol. The minimum absolute atomic E-state index is 0.0138. The maximum Gasteiger partial charge on any atom is 0.277 e. The van der Waals surface area contributed by atoms with Crippen molar-refractivity contribution in [2.45, 2.75) is 38.2 Å². The van der Waals surface area contributed by atoms with Gasteiger partial charge in [-0.15, -0.1) is 10.2 Å². The predicted molar refractivity (Wildman–Crippen MR) is 109 cm³/mol. The van der Waals surface area contributed by atoms with E-state index in [1.807, 2.05) is 70.2 Å². The molecule has 1 aromatic heterocycles. The highest BCUT2D eigenvalue weighted by molar-refractivity contribution is 8.00. The quantitative estimate of drug-likeness (QED) is 0.569. The molecule has 1 atom stereocenters. The lowest BCUT2D eigenvalue weighted by Gasteiger charge is -2.23. The second kappa shape index (κ2) is 8.39. The van der Waals surface area contributed by atoms with E-state index in [0.29, 0.717) is 17.7 Å². The summed E-state index contributed by atoms with van der Waals surface area (Å²) in [6.07, 6.45) is 0. The number of aryl methyl sites for hydroxylation is 2. The van der Waals surface area contributed by atoms with Gasteiger partial charge in [0, 0.05) is 17.8 Å². The average molecular weight is 382 g/mol. The van der Waals surface area contributed by atoms with Gasteiger partial charge < -0.3 is 9.32 Å². The molecule has 0 fully saturated rings. The van der Waals surface area contributed by atoms with Crippen molar-refractivity contribution in [1.82, 2.24) is 10.2 Å². The summed E-state index contributed by atoms with van der Waals surface area (Å²) in [6, 6.07) is 15.8. The van der Waals surface area contributed by atoms with Crippen molar-refractivity contribution in [2.24, 2.45) is 0 Å². The molecule has 3 aromatic rings. The van der Waals surface area contributed by atoms with Crippen LogP contribution in [0.1, 0.15) is 25.0 Å². The number of hydrogen-bond donors (Lipinski definition) is 0. The number of benzene rings is 2. The van der Waals surface area contributed by atoms with Crippen LogP contribution in [-0.2, 0) is 4.79 Å². The molecule has 0 saturated carbocycles. The van der Waals surface area contributed by atoms with E-state index in [2.05, 4.69) is 16.3 Å². The zero-order valence-corrected chi connectivity index (χ0v) is 16.8. The van der Waals surface area contributed by atoms with Crippen molar-refractivity contribution in [1.29, 1.82) is 0 Å². The smallest absolute Gasteiger partial charge is 0.277 e. The number of rotatable bonds is 6. The fourth-order valence-corrected chi connectivity index (χ4v) is 3.71. The van der Waals surface area contributed by atoms with Crippen molar-refractivity contribution < 1.29 is 9.21 Å². The number of thioether (sulfide) groups is 1. The van der Waals surface area contributed by atoms with Crippen molar-refractivity contribution >= 4 is 23.4 Å². The Balaban J connectivity index is 1.73. The van der Waals surface area contributed by atoms with Crippen LogP contribution in [0.5, 0.6) is 0 Å². The standard InChI is InChI=1S/C21H23N3O2S/c1-5-24(18-9-7-6-8-10-18)20(25)16(4)27-21-23-22-19(26-21)17-12-14(2)11-15(3)13-17/h6-13,16H,5H2,1-4H3. The molecule has 1 amide bonds. The van der Waals surface area contributed by atoms with Gasteiger partial charge >= 0.3 is 0 Å². The Morgan fingerprint density at radius 3 is 2.41 bits per heavy atom. The highest BCUT2D eigenvalue weighted by Gasteiger charge is 2.24. The molecule has 0 aliphatic heterocycles. The minimum atomic E-state index is -0.335. The van der Waals surface area contributed by atoms with Gasteiger partial charge in [-0.05, 0) is 52.0 Å². The number of aromatic nitrogens is 2.